The largest absolute Gasteiger partial charge is 0.338 e. The third-order valence-electron chi connectivity index (χ3n) is 2.53. The van der Waals surface area contributed by atoms with Gasteiger partial charge in [0.1, 0.15) is 0 Å². The lowest BCUT2D eigenvalue weighted by Gasteiger charge is -2.14. The highest BCUT2D eigenvalue weighted by molar-refractivity contribution is 5.94. The number of amides is 1. The van der Waals surface area contributed by atoms with Gasteiger partial charge in [-0.05, 0) is 12.8 Å². The molecule has 1 aromatic heterocycles. The van der Waals surface area contributed by atoms with Crippen LogP contribution in [0.2, 0.25) is 0 Å². The zero-order valence-electron chi connectivity index (χ0n) is 7.78. The highest BCUT2D eigenvalue weighted by Gasteiger charge is 2.27. The molecule has 1 aromatic rings. The maximum atomic E-state index is 11.6. The molecule has 1 aliphatic rings. The summed E-state index contributed by atoms with van der Waals surface area (Å²) >= 11 is 0. The fraction of sp³-hybridized carbons (Fsp3) is 0.556. The highest BCUT2D eigenvalue weighted by Crippen LogP contribution is 2.27. The maximum absolute atomic E-state index is 11.6. The summed E-state index contributed by atoms with van der Waals surface area (Å²) in [4.78, 5) is 13.2. The molecular weight excluding hydrogens is 168 g/mol. The molecule has 0 radical (unpaired) electrons. The molecule has 2 rings (SSSR count). The first kappa shape index (κ1) is 8.29. The summed E-state index contributed by atoms with van der Waals surface area (Å²) in [5.74, 6) is 0.789. The standard InChI is InChI=1S/C9H12N2O2/c1-6-3-4-7-5-10-13-9(7)11(2)8(6)12/h5-6H,3-4H2,1-2H3. The van der Waals surface area contributed by atoms with Crippen molar-refractivity contribution in [2.24, 2.45) is 5.92 Å². The van der Waals surface area contributed by atoms with Crippen molar-refractivity contribution in [3.05, 3.63) is 11.8 Å². The molecular formula is C9H12N2O2. The number of hydrogen-bond acceptors (Lipinski definition) is 3. The Balaban J connectivity index is 2.40. The van der Waals surface area contributed by atoms with Crippen LogP contribution in [-0.2, 0) is 11.2 Å². The predicted octanol–water partition coefficient (Wildman–Crippen LogP) is 1.22. The van der Waals surface area contributed by atoms with Gasteiger partial charge >= 0.3 is 0 Å². The van der Waals surface area contributed by atoms with Crippen LogP contribution < -0.4 is 4.90 Å². The quantitative estimate of drug-likeness (QED) is 0.603. The van der Waals surface area contributed by atoms with Crippen molar-refractivity contribution >= 4 is 11.8 Å². The fourth-order valence-electron chi connectivity index (χ4n) is 1.63. The molecule has 1 unspecified atom stereocenters. The van der Waals surface area contributed by atoms with Crippen LogP contribution in [0.5, 0.6) is 0 Å². The van der Waals surface area contributed by atoms with Gasteiger partial charge in [-0.15, -0.1) is 0 Å². The van der Waals surface area contributed by atoms with Crippen LogP contribution in [0, 0.1) is 5.92 Å². The van der Waals surface area contributed by atoms with E-state index in [0.29, 0.717) is 5.88 Å². The van der Waals surface area contributed by atoms with Gasteiger partial charge in [-0.1, -0.05) is 12.1 Å². The molecule has 0 aromatic carbocycles. The Morgan fingerprint density at radius 2 is 2.46 bits per heavy atom. The van der Waals surface area contributed by atoms with E-state index in [0.717, 1.165) is 18.4 Å². The van der Waals surface area contributed by atoms with Crippen LogP contribution in [0.4, 0.5) is 5.88 Å². The fourth-order valence-corrected chi connectivity index (χ4v) is 1.63. The number of aryl methyl sites for hydroxylation is 1. The number of anilines is 1. The number of nitrogens with zero attached hydrogens (tertiary/aromatic N) is 2. The van der Waals surface area contributed by atoms with E-state index in [4.69, 9.17) is 4.52 Å². The molecule has 0 bridgehead atoms. The van der Waals surface area contributed by atoms with Crippen LogP contribution in [-0.4, -0.2) is 18.1 Å². The van der Waals surface area contributed by atoms with E-state index in [-0.39, 0.29) is 11.8 Å². The molecule has 0 spiro atoms. The van der Waals surface area contributed by atoms with Gasteiger partial charge in [0.05, 0.1) is 6.20 Å². The lowest BCUT2D eigenvalue weighted by atomic mass is 10.0. The van der Waals surface area contributed by atoms with E-state index in [1.807, 2.05) is 6.92 Å². The van der Waals surface area contributed by atoms with Crippen LogP contribution in [0.1, 0.15) is 18.9 Å². The summed E-state index contributed by atoms with van der Waals surface area (Å²) in [5, 5.41) is 3.69. The maximum Gasteiger partial charge on any atom is 0.236 e. The average Bonchev–Trinajstić information content (AvgIpc) is 2.56. The average molecular weight is 180 g/mol. The molecule has 1 aliphatic heterocycles. The summed E-state index contributed by atoms with van der Waals surface area (Å²) in [6.45, 7) is 1.94. The van der Waals surface area contributed by atoms with Crippen LogP contribution in [0.3, 0.4) is 0 Å². The van der Waals surface area contributed by atoms with Crippen molar-refractivity contribution < 1.29 is 9.32 Å². The first-order valence-corrected chi connectivity index (χ1v) is 4.41. The summed E-state index contributed by atoms with van der Waals surface area (Å²) in [6, 6.07) is 0. The molecule has 70 valence electrons. The number of fused-ring (bicyclic) bond motifs is 1. The molecule has 0 N–H and O–H groups in total. The van der Waals surface area contributed by atoms with E-state index in [1.54, 1.807) is 18.1 Å². The van der Waals surface area contributed by atoms with Crippen LogP contribution >= 0.6 is 0 Å². The minimum absolute atomic E-state index is 0.0765. The molecule has 0 fully saturated rings. The van der Waals surface area contributed by atoms with Gasteiger partial charge in [0.15, 0.2) is 0 Å². The van der Waals surface area contributed by atoms with E-state index in [9.17, 15) is 4.79 Å². The van der Waals surface area contributed by atoms with Gasteiger partial charge in [-0.3, -0.25) is 9.69 Å². The van der Waals surface area contributed by atoms with Gasteiger partial charge in [0.2, 0.25) is 11.8 Å². The number of carbonyl (C=O) groups excluding carboxylic acids is 1. The minimum atomic E-state index is 0.0765. The third kappa shape index (κ3) is 1.22. The van der Waals surface area contributed by atoms with Crippen molar-refractivity contribution in [3.63, 3.8) is 0 Å². The number of rotatable bonds is 0. The monoisotopic (exact) mass is 180 g/mol. The topological polar surface area (TPSA) is 46.3 Å². The Bertz CT molecular complexity index is 332. The molecule has 0 saturated carbocycles. The van der Waals surface area contributed by atoms with E-state index in [1.165, 1.54) is 0 Å². The first-order valence-electron chi connectivity index (χ1n) is 4.41. The first-order chi connectivity index (χ1) is 6.20. The molecule has 2 heterocycles. The summed E-state index contributed by atoms with van der Waals surface area (Å²) < 4.78 is 5.02. The van der Waals surface area contributed by atoms with E-state index in [2.05, 4.69) is 5.16 Å². The zero-order chi connectivity index (χ0) is 9.42. The van der Waals surface area contributed by atoms with Gasteiger partial charge in [-0.2, -0.15) is 0 Å². The van der Waals surface area contributed by atoms with Crippen LogP contribution in [0.25, 0.3) is 0 Å². The summed E-state index contributed by atoms with van der Waals surface area (Å²) in [6.07, 6.45) is 3.44. The van der Waals surface area contributed by atoms with E-state index < -0.39 is 0 Å². The minimum Gasteiger partial charge on any atom is -0.338 e. The van der Waals surface area contributed by atoms with Crippen molar-refractivity contribution in [3.8, 4) is 0 Å². The van der Waals surface area contributed by atoms with Crippen molar-refractivity contribution in [2.75, 3.05) is 11.9 Å². The van der Waals surface area contributed by atoms with Crippen molar-refractivity contribution in [1.29, 1.82) is 0 Å². The molecule has 13 heavy (non-hydrogen) atoms. The lowest BCUT2D eigenvalue weighted by molar-refractivity contribution is -0.121. The SMILES string of the molecule is CC1CCc2cnoc2N(C)C1=O. The normalized spacial score (nSPS) is 22.8. The predicted molar refractivity (Wildman–Crippen MR) is 47.4 cm³/mol. The van der Waals surface area contributed by atoms with Gasteiger partial charge in [-0.25, -0.2) is 0 Å². The molecule has 4 heteroatoms. The Morgan fingerprint density at radius 3 is 3.23 bits per heavy atom. The molecule has 0 saturated heterocycles. The van der Waals surface area contributed by atoms with Crippen LogP contribution in [0.15, 0.2) is 10.7 Å². The molecule has 1 atom stereocenters. The van der Waals surface area contributed by atoms with Gasteiger partial charge in [0.25, 0.3) is 0 Å². The zero-order valence-corrected chi connectivity index (χ0v) is 7.78. The smallest absolute Gasteiger partial charge is 0.236 e. The third-order valence-corrected chi connectivity index (χ3v) is 2.53. The molecule has 1 amide bonds. The second-order valence-electron chi connectivity index (χ2n) is 3.49. The number of hydrogen-bond donors (Lipinski definition) is 0. The van der Waals surface area contributed by atoms with Crippen molar-refractivity contribution in [2.45, 2.75) is 19.8 Å². The Labute approximate surface area is 76.5 Å². The molecule has 4 nitrogen and oxygen atoms in total. The lowest BCUT2D eigenvalue weighted by Crippen LogP contribution is -2.30. The Hall–Kier alpha value is -1.32. The number of aromatic nitrogens is 1. The van der Waals surface area contributed by atoms with E-state index >= 15 is 0 Å². The Morgan fingerprint density at radius 1 is 1.69 bits per heavy atom. The Kier molecular flexibility index (Phi) is 1.83. The molecule has 0 aliphatic carbocycles. The number of carbonyl (C=O) groups is 1. The van der Waals surface area contributed by atoms with Gasteiger partial charge < -0.3 is 4.52 Å². The summed E-state index contributed by atoms with van der Waals surface area (Å²) in [7, 11) is 1.73. The summed E-state index contributed by atoms with van der Waals surface area (Å²) in [5.41, 5.74) is 1.03. The highest BCUT2D eigenvalue weighted by atomic mass is 16.5. The van der Waals surface area contributed by atoms with Crippen molar-refractivity contribution in [1.82, 2.24) is 5.16 Å². The second kappa shape index (κ2) is 2.87. The second-order valence-corrected chi connectivity index (χ2v) is 3.49. The van der Waals surface area contributed by atoms with Gasteiger partial charge in [0, 0.05) is 18.5 Å².